The van der Waals surface area contributed by atoms with Gasteiger partial charge in [0.15, 0.2) is 0 Å². The fourth-order valence-electron chi connectivity index (χ4n) is 2.56. The molecule has 0 radical (unpaired) electrons. The van der Waals surface area contributed by atoms with E-state index in [0.29, 0.717) is 19.3 Å². The second-order valence-corrected chi connectivity index (χ2v) is 5.06. The van der Waals surface area contributed by atoms with Gasteiger partial charge in [0.05, 0.1) is 11.5 Å². The lowest BCUT2D eigenvalue weighted by atomic mass is 9.66. The summed E-state index contributed by atoms with van der Waals surface area (Å²) in [5, 5.41) is 21.2. The Bertz CT molecular complexity index is 313. The molecule has 0 spiro atoms. The Balaban J connectivity index is 3.00. The molecule has 0 heterocycles. The van der Waals surface area contributed by atoms with Gasteiger partial charge < -0.3 is 5.11 Å². The van der Waals surface area contributed by atoms with E-state index in [4.69, 9.17) is 0 Å². The molecular formula is C11H19NO4. The summed E-state index contributed by atoms with van der Waals surface area (Å²) in [6.45, 7) is 4.75. The van der Waals surface area contributed by atoms with E-state index in [1.807, 2.05) is 0 Å². The molecule has 1 aliphatic carbocycles. The number of carbonyl (C=O) groups is 1. The van der Waals surface area contributed by atoms with Crippen molar-refractivity contribution in [3.8, 4) is 0 Å². The zero-order chi connectivity index (χ0) is 12.6. The predicted molar refractivity (Wildman–Crippen MR) is 58.7 cm³/mol. The van der Waals surface area contributed by atoms with Gasteiger partial charge in [-0.15, -0.1) is 0 Å². The van der Waals surface area contributed by atoms with Crippen LogP contribution in [0.2, 0.25) is 0 Å². The first-order valence-electron chi connectivity index (χ1n) is 5.62. The summed E-state index contributed by atoms with van der Waals surface area (Å²) in [4.78, 5) is 22.3. The third kappa shape index (κ3) is 2.09. The SMILES string of the molecule is CC[C@]1([N+](=O)[O-])CC[C@](C)(O)[C@H](C(C)=O)C1. The van der Waals surface area contributed by atoms with Gasteiger partial charge in [-0.1, -0.05) is 6.92 Å². The molecule has 0 aliphatic heterocycles. The molecule has 1 aliphatic rings. The van der Waals surface area contributed by atoms with E-state index in [2.05, 4.69) is 0 Å². The van der Waals surface area contributed by atoms with Gasteiger partial charge in [0, 0.05) is 24.2 Å². The first-order chi connectivity index (χ1) is 7.25. The number of hydrogen-bond donors (Lipinski definition) is 1. The maximum absolute atomic E-state index is 11.5. The fourth-order valence-corrected chi connectivity index (χ4v) is 2.56. The van der Waals surface area contributed by atoms with Crippen molar-refractivity contribution in [3.05, 3.63) is 10.1 Å². The van der Waals surface area contributed by atoms with Crippen molar-refractivity contribution in [2.75, 3.05) is 0 Å². The van der Waals surface area contributed by atoms with Crippen molar-refractivity contribution in [2.24, 2.45) is 5.92 Å². The van der Waals surface area contributed by atoms with E-state index in [1.54, 1.807) is 13.8 Å². The summed E-state index contributed by atoms with van der Waals surface area (Å²) in [6.07, 6.45) is 1.21. The number of Topliss-reactive ketones (excluding diaryl/α,β-unsaturated/α-hetero) is 1. The Hall–Kier alpha value is -0.970. The maximum Gasteiger partial charge on any atom is 0.222 e. The standard InChI is InChI=1S/C11H19NO4/c1-4-11(12(15)16)6-5-10(3,14)9(7-11)8(2)13/h9,14H,4-7H2,1-3H3/t9-,10-,11-/m0/s1. The predicted octanol–water partition coefficient (Wildman–Crippen LogP) is 1.55. The number of carbonyl (C=O) groups excluding carboxylic acids is 1. The Morgan fingerprint density at radius 2 is 2.12 bits per heavy atom. The van der Waals surface area contributed by atoms with Crippen LogP contribution in [0, 0.1) is 16.0 Å². The van der Waals surface area contributed by atoms with Gasteiger partial charge in [-0.05, 0) is 20.3 Å². The van der Waals surface area contributed by atoms with E-state index in [-0.39, 0.29) is 17.1 Å². The molecule has 0 amide bonds. The number of ketones is 1. The Labute approximate surface area is 95.0 Å². The van der Waals surface area contributed by atoms with Crippen LogP contribution in [0.1, 0.15) is 46.5 Å². The van der Waals surface area contributed by atoms with Crippen molar-refractivity contribution < 1.29 is 14.8 Å². The van der Waals surface area contributed by atoms with Gasteiger partial charge in [-0.2, -0.15) is 0 Å². The monoisotopic (exact) mass is 229 g/mol. The van der Waals surface area contributed by atoms with Crippen LogP contribution in [-0.2, 0) is 4.79 Å². The highest BCUT2D eigenvalue weighted by Gasteiger charge is 2.53. The molecule has 3 atom stereocenters. The van der Waals surface area contributed by atoms with Crippen LogP contribution in [-0.4, -0.2) is 27.0 Å². The number of hydrogen-bond acceptors (Lipinski definition) is 4. The highest BCUT2D eigenvalue weighted by molar-refractivity contribution is 5.79. The number of rotatable bonds is 3. The molecule has 1 rings (SSSR count). The number of aliphatic hydroxyl groups is 1. The molecular weight excluding hydrogens is 210 g/mol. The summed E-state index contributed by atoms with van der Waals surface area (Å²) in [5.74, 6) is -0.782. The smallest absolute Gasteiger partial charge is 0.222 e. The molecule has 92 valence electrons. The van der Waals surface area contributed by atoms with Crippen LogP contribution in [0.5, 0.6) is 0 Å². The summed E-state index contributed by atoms with van der Waals surface area (Å²) in [6, 6.07) is 0. The van der Waals surface area contributed by atoms with Gasteiger partial charge in [0.1, 0.15) is 5.78 Å². The topological polar surface area (TPSA) is 80.4 Å². The van der Waals surface area contributed by atoms with E-state index < -0.39 is 17.1 Å². The molecule has 5 heteroatoms. The highest BCUT2D eigenvalue weighted by Crippen LogP contribution is 2.42. The number of nitro groups is 1. The summed E-state index contributed by atoms with van der Waals surface area (Å²) >= 11 is 0. The lowest BCUT2D eigenvalue weighted by molar-refractivity contribution is -0.578. The van der Waals surface area contributed by atoms with Crippen molar-refractivity contribution in [2.45, 2.75) is 57.6 Å². The molecule has 5 nitrogen and oxygen atoms in total. The molecule has 0 aromatic rings. The molecule has 1 fully saturated rings. The Morgan fingerprint density at radius 1 is 1.56 bits per heavy atom. The van der Waals surface area contributed by atoms with Gasteiger partial charge in [0.25, 0.3) is 0 Å². The highest BCUT2D eigenvalue weighted by atomic mass is 16.6. The first kappa shape index (κ1) is 13.1. The van der Waals surface area contributed by atoms with Crippen molar-refractivity contribution in [3.63, 3.8) is 0 Å². The van der Waals surface area contributed by atoms with Gasteiger partial charge in [-0.3, -0.25) is 14.9 Å². The third-order valence-corrected chi connectivity index (χ3v) is 3.97. The summed E-state index contributed by atoms with van der Waals surface area (Å²) < 4.78 is 0. The normalized spacial score (nSPS) is 39.4. The maximum atomic E-state index is 11.5. The van der Waals surface area contributed by atoms with Crippen LogP contribution in [0.15, 0.2) is 0 Å². The minimum absolute atomic E-state index is 0.152. The van der Waals surface area contributed by atoms with Crippen LogP contribution in [0.25, 0.3) is 0 Å². The third-order valence-electron chi connectivity index (χ3n) is 3.97. The zero-order valence-electron chi connectivity index (χ0n) is 10.0. The lowest BCUT2D eigenvalue weighted by Crippen LogP contribution is -2.53. The Morgan fingerprint density at radius 3 is 2.50 bits per heavy atom. The van der Waals surface area contributed by atoms with Gasteiger partial charge in [0.2, 0.25) is 5.54 Å². The van der Waals surface area contributed by atoms with Crippen molar-refractivity contribution in [1.29, 1.82) is 0 Å². The molecule has 1 N–H and O–H groups in total. The fraction of sp³-hybridized carbons (Fsp3) is 0.909. The molecule has 0 aromatic heterocycles. The summed E-state index contributed by atoms with van der Waals surface area (Å²) in [5.41, 5.74) is -2.13. The van der Waals surface area contributed by atoms with Crippen LogP contribution in [0.4, 0.5) is 0 Å². The average molecular weight is 229 g/mol. The minimum Gasteiger partial charge on any atom is -0.389 e. The molecule has 1 saturated carbocycles. The largest absolute Gasteiger partial charge is 0.389 e. The zero-order valence-corrected chi connectivity index (χ0v) is 10.0. The van der Waals surface area contributed by atoms with Crippen molar-refractivity contribution >= 4 is 5.78 Å². The second-order valence-electron chi connectivity index (χ2n) is 5.06. The molecule has 0 bridgehead atoms. The Kier molecular flexibility index (Phi) is 3.38. The van der Waals surface area contributed by atoms with Crippen molar-refractivity contribution in [1.82, 2.24) is 0 Å². The number of nitrogens with zero attached hydrogens (tertiary/aromatic N) is 1. The average Bonchev–Trinajstić information content (AvgIpc) is 2.17. The van der Waals surface area contributed by atoms with E-state index in [9.17, 15) is 20.0 Å². The lowest BCUT2D eigenvalue weighted by Gasteiger charge is -2.41. The second kappa shape index (κ2) is 4.13. The van der Waals surface area contributed by atoms with E-state index >= 15 is 0 Å². The minimum atomic E-state index is -1.10. The van der Waals surface area contributed by atoms with E-state index in [1.165, 1.54) is 6.92 Å². The van der Waals surface area contributed by atoms with Gasteiger partial charge >= 0.3 is 0 Å². The molecule has 0 aromatic carbocycles. The van der Waals surface area contributed by atoms with Crippen LogP contribution >= 0.6 is 0 Å². The summed E-state index contributed by atoms with van der Waals surface area (Å²) in [7, 11) is 0. The van der Waals surface area contributed by atoms with E-state index in [0.717, 1.165) is 0 Å². The van der Waals surface area contributed by atoms with Crippen LogP contribution < -0.4 is 0 Å². The molecule has 0 unspecified atom stereocenters. The molecule has 16 heavy (non-hydrogen) atoms. The quantitative estimate of drug-likeness (QED) is 0.588. The van der Waals surface area contributed by atoms with Gasteiger partial charge in [-0.25, -0.2) is 0 Å². The first-order valence-corrected chi connectivity index (χ1v) is 5.62. The van der Waals surface area contributed by atoms with Crippen LogP contribution in [0.3, 0.4) is 0 Å². The molecule has 0 saturated heterocycles.